The van der Waals surface area contributed by atoms with Crippen molar-refractivity contribution in [2.75, 3.05) is 0 Å². The lowest BCUT2D eigenvalue weighted by Crippen LogP contribution is -2.11. The van der Waals surface area contributed by atoms with Crippen molar-refractivity contribution in [2.24, 2.45) is 0 Å². The van der Waals surface area contributed by atoms with E-state index in [0.717, 1.165) is 94.4 Å². The van der Waals surface area contributed by atoms with Crippen molar-refractivity contribution in [1.29, 1.82) is 0 Å². The first-order valence-corrected chi connectivity index (χ1v) is 19.8. The molecule has 6 heteroatoms. The summed E-state index contributed by atoms with van der Waals surface area (Å²) in [7, 11) is 0. The number of aromatic nitrogens is 5. The zero-order valence-corrected chi connectivity index (χ0v) is 32.3. The normalized spacial score (nSPS) is 12.4. The smallest absolute Gasteiger partial charge is 0.147 e. The first-order chi connectivity index (χ1) is 28.4. The minimum Gasteiger partial charge on any atom is -0.456 e. The number of hydrogen-bond acceptors (Lipinski definition) is 3. The van der Waals surface area contributed by atoms with E-state index in [-0.39, 0.29) is 5.41 Å². The largest absolute Gasteiger partial charge is 0.456 e. The number of nitrogens with one attached hydrogen (secondary N) is 1. The van der Waals surface area contributed by atoms with Gasteiger partial charge in [0.15, 0.2) is 0 Å². The molecule has 0 spiro atoms. The minimum atomic E-state index is -0.130. The summed E-state index contributed by atoms with van der Waals surface area (Å²) in [4.78, 5) is 14.4. The van der Waals surface area contributed by atoms with Crippen LogP contribution >= 0.6 is 0 Å². The van der Waals surface area contributed by atoms with Crippen LogP contribution in [-0.2, 0) is 5.41 Å². The molecule has 276 valence electrons. The number of hydrogen-bond donors (Lipinski definition) is 1. The van der Waals surface area contributed by atoms with Crippen LogP contribution in [0.5, 0.6) is 0 Å². The third kappa shape index (κ3) is 4.72. The van der Waals surface area contributed by atoms with Gasteiger partial charge in [0.2, 0.25) is 0 Å². The molecule has 0 saturated carbocycles. The van der Waals surface area contributed by atoms with Gasteiger partial charge in [0.25, 0.3) is 0 Å². The van der Waals surface area contributed by atoms with Crippen LogP contribution in [0.1, 0.15) is 26.3 Å². The van der Waals surface area contributed by atoms with Crippen LogP contribution in [-0.4, -0.2) is 24.1 Å². The SMILES string of the molecule is CC(C)(C)c1cc(-c2nc3c(-c4ccc5c6ccccc6n(-c6ccccn6)c5c4)cccc3n2-c2ccccc2)c2[nH]c3ccc4oc5ccccc5c4c3c2c1. The van der Waals surface area contributed by atoms with E-state index in [1.807, 2.05) is 24.4 Å². The molecule has 0 radical (unpaired) electrons. The summed E-state index contributed by atoms with van der Waals surface area (Å²) in [5.74, 6) is 1.77. The lowest BCUT2D eigenvalue weighted by Gasteiger charge is -2.21. The summed E-state index contributed by atoms with van der Waals surface area (Å²) < 4.78 is 11.0. The highest BCUT2D eigenvalue weighted by molar-refractivity contribution is 6.28. The predicted molar refractivity (Wildman–Crippen MR) is 239 cm³/mol. The molecule has 0 aliphatic carbocycles. The number of nitrogens with zero attached hydrogens (tertiary/aromatic N) is 4. The molecule has 0 bridgehead atoms. The Labute approximate surface area is 333 Å². The molecule has 5 aromatic heterocycles. The van der Waals surface area contributed by atoms with E-state index in [1.165, 1.54) is 21.7 Å². The maximum atomic E-state index is 6.40. The Morgan fingerprint density at radius 3 is 2.17 bits per heavy atom. The molecule has 6 nitrogen and oxygen atoms in total. The molecule has 58 heavy (non-hydrogen) atoms. The molecule has 0 aliphatic rings. The molecular formula is C52H37N5O. The van der Waals surface area contributed by atoms with Gasteiger partial charge in [0.1, 0.15) is 22.8 Å². The van der Waals surface area contributed by atoms with Gasteiger partial charge in [-0.05, 0) is 89.3 Å². The van der Waals surface area contributed by atoms with Gasteiger partial charge in [-0.15, -0.1) is 0 Å². The van der Waals surface area contributed by atoms with Crippen LogP contribution in [0.3, 0.4) is 0 Å². The lowest BCUT2D eigenvalue weighted by atomic mass is 9.84. The van der Waals surface area contributed by atoms with Gasteiger partial charge in [0, 0.05) is 60.8 Å². The highest BCUT2D eigenvalue weighted by atomic mass is 16.3. The second-order valence-corrected chi connectivity index (χ2v) is 16.3. The Balaban J connectivity index is 1.17. The summed E-state index contributed by atoms with van der Waals surface area (Å²) >= 11 is 0. The number of para-hydroxylation sites is 4. The summed E-state index contributed by atoms with van der Waals surface area (Å²) in [6.45, 7) is 6.86. The highest BCUT2D eigenvalue weighted by Crippen LogP contribution is 2.45. The fourth-order valence-corrected chi connectivity index (χ4v) is 9.14. The van der Waals surface area contributed by atoms with Crippen molar-refractivity contribution in [3.05, 3.63) is 169 Å². The van der Waals surface area contributed by atoms with Crippen molar-refractivity contribution in [2.45, 2.75) is 26.2 Å². The first-order valence-electron chi connectivity index (χ1n) is 19.8. The third-order valence-corrected chi connectivity index (χ3v) is 11.9. The number of benzene rings is 7. The fraction of sp³-hybridized carbons (Fsp3) is 0.0769. The highest BCUT2D eigenvalue weighted by Gasteiger charge is 2.26. The standard InChI is InChI=1S/C52H37N5O/c1-52(2,3)32-29-38-47-40(25-26-45-48(47)37-17-8-10-21-44(37)58-45)54-49(38)39(30-32)51-55-50-34(18-13-20-42(50)56(51)33-14-5-4-6-15-33)31-23-24-36-35-16-7-9-19-41(35)57(43(36)28-31)46-22-11-12-27-53-46/h4-30,54H,1-3H3. The monoisotopic (exact) mass is 747 g/mol. The average molecular weight is 748 g/mol. The minimum absolute atomic E-state index is 0.130. The number of aromatic amines is 1. The van der Waals surface area contributed by atoms with Crippen LogP contribution in [0, 0.1) is 0 Å². The summed E-state index contributed by atoms with van der Waals surface area (Å²) in [6, 6.07) is 55.9. The molecule has 0 amide bonds. The number of H-pyrrole nitrogens is 1. The second-order valence-electron chi connectivity index (χ2n) is 16.3. The first kappa shape index (κ1) is 32.8. The Hall–Kier alpha value is -7.44. The molecule has 12 aromatic rings. The lowest BCUT2D eigenvalue weighted by molar-refractivity contribution is 0.591. The van der Waals surface area contributed by atoms with Crippen molar-refractivity contribution >= 4 is 76.6 Å². The zero-order valence-electron chi connectivity index (χ0n) is 32.3. The van der Waals surface area contributed by atoms with Gasteiger partial charge >= 0.3 is 0 Å². The Morgan fingerprint density at radius 1 is 0.552 bits per heavy atom. The fourth-order valence-electron chi connectivity index (χ4n) is 9.14. The molecular weight excluding hydrogens is 711 g/mol. The number of pyridine rings is 1. The number of rotatable bonds is 4. The second kappa shape index (κ2) is 12.0. The van der Waals surface area contributed by atoms with Crippen molar-refractivity contribution < 1.29 is 4.42 Å². The Bertz CT molecular complexity index is 3600. The van der Waals surface area contributed by atoms with Crippen molar-refractivity contribution in [3.63, 3.8) is 0 Å². The van der Waals surface area contributed by atoms with E-state index in [0.29, 0.717) is 0 Å². The van der Waals surface area contributed by atoms with Gasteiger partial charge in [-0.3, -0.25) is 9.13 Å². The van der Waals surface area contributed by atoms with Crippen LogP contribution in [0.25, 0.3) is 111 Å². The Morgan fingerprint density at radius 2 is 1.33 bits per heavy atom. The van der Waals surface area contributed by atoms with Crippen LogP contribution in [0.2, 0.25) is 0 Å². The van der Waals surface area contributed by atoms with Gasteiger partial charge in [-0.1, -0.05) is 106 Å². The van der Waals surface area contributed by atoms with Gasteiger partial charge in [-0.25, -0.2) is 9.97 Å². The summed E-state index contributed by atoms with van der Waals surface area (Å²) in [5, 5.41) is 6.97. The third-order valence-electron chi connectivity index (χ3n) is 11.9. The molecule has 12 rings (SSSR count). The quantitative estimate of drug-likeness (QED) is 0.195. The predicted octanol–water partition coefficient (Wildman–Crippen LogP) is 13.7. The van der Waals surface area contributed by atoms with E-state index in [4.69, 9.17) is 14.4 Å². The molecule has 0 unspecified atom stereocenters. The van der Waals surface area contributed by atoms with E-state index in [2.05, 4.69) is 174 Å². The molecule has 7 aromatic carbocycles. The van der Waals surface area contributed by atoms with Crippen molar-refractivity contribution in [3.8, 4) is 34.0 Å². The number of imidazole rings is 1. The maximum absolute atomic E-state index is 6.40. The van der Waals surface area contributed by atoms with Crippen LogP contribution < -0.4 is 0 Å². The Kier molecular flexibility index (Phi) is 6.80. The molecule has 0 saturated heterocycles. The number of fused-ring (bicyclic) bond motifs is 11. The molecule has 1 N–H and O–H groups in total. The topological polar surface area (TPSA) is 64.6 Å². The van der Waals surface area contributed by atoms with Crippen LogP contribution in [0.4, 0.5) is 0 Å². The van der Waals surface area contributed by atoms with Gasteiger partial charge in [-0.2, -0.15) is 0 Å². The molecule has 5 heterocycles. The average Bonchev–Trinajstić information content (AvgIpc) is 4.02. The van der Waals surface area contributed by atoms with E-state index in [1.54, 1.807) is 0 Å². The molecule has 0 aliphatic heterocycles. The van der Waals surface area contributed by atoms with E-state index < -0.39 is 0 Å². The zero-order chi connectivity index (χ0) is 38.7. The van der Waals surface area contributed by atoms with E-state index >= 15 is 0 Å². The summed E-state index contributed by atoms with van der Waals surface area (Å²) in [6.07, 6.45) is 1.86. The maximum Gasteiger partial charge on any atom is 0.147 e. The summed E-state index contributed by atoms with van der Waals surface area (Å²) in [5.41, 5.74) is 13.5. The number of furan rings is 1. The molecule has 0 atom stereocenters. The molecule has 0 fully saturated rings. The van der Waals surface area contributed by atoms with Gasteiger partial charge in [0.05, 0.1) is 27.6 Å². The van der Waals surface area contributed by atoms with Gasteiger partial charge < -0.3 is 9.40 Å². The van der Waals surface area contributed by atoms with Crippen molar-refractivity contribution in [1.82, 2.24) is 24.1 Å². The van der Waals surface area contributed by atoms with E-state index in [9.17, 15) is 0 Å². The van der Waals surface area contributed by atoms with Crippen LogP contribution in [0.15, 0.2) is 168 Å².